The minimum Gasteiger partial charge on any atom is -0.507 e. The van der Waals surface area contributed by atoms with Crippen LogP contribution in [0.5, 0.6) is 11.5 Å². The van der Waals surface area contributed by atoms with E-state index in [1.165, 1.54) is 6.92 Å². The summed E-state index contributed by atoms with van der Waals surface area (Å²) in [7, 11) is 0. The highest BCUT2D eigenvalue weighted by atomic mass is 16.5. The van der Waals surface area contributed by atoms with E-state index in [0.29, 0.717) is 17.7 Å². The molecule has 0 aliphatic rings. The Balaban J connectivity index is 3.23. The van der Waals surface area contributed by atoms with Crippen molar-refractivity contribution in [2.45, 2.75) is 46.6 Å². The summed E-state index contributed by atoms with van der Waals surface area (Å²) in [5, 5.41) is 10.1. The van der Waals surface area contributed by atoms with Crippen molar-refractivity contribution in [1.82, 2.24) is 0 Å². The van der Waals surface area contributed by atoms with Crippen molar-refractivity contribution < 1.29 is 14.6 Å². The van der Waals surface area contributed by atoms with Crippen LogP contribution in [-0.4, -0.2) is 17.0 Å². The second-order valence-corrected chi connectivity index (χ2v) is 4.41. The Kier molecular flexibility index (Phi) is 4.55. The van der Waals surface area contributed by atoms with Gasteiger partial charge in [-0.1, -0.05) is 13.3 Å². The molecule has 94 valence electrons. The molecule has 0 unspecified atom stereocenters. The minimum absolute atomic E-state index is 0.0492. The molecule has 17 heavy (non-hydrogen) atoms. The molecule has 0 saturated carbocycles. The Morgan fingerprint density at radius 1 is 1.41 bits per heavy atom. The zero-order chi connectivity index (χ0) is 13.0. The predicted molar refractivity (Wildman–Crippen MR) is 67.9 cm³/mol. The Labute approximate surface area is 102 Å². The van der Waals surface area contributed by atoms with Crippen LogP contribution < -0.4 is 4.74 Å². The smallest absolute Gasteiger partial charge is 0.163 e. The number of Topliss-reactive ketones (excluding diaryl/α,β-unsaturated/α-hetero) is 1. The lowest BCUT2D eigenvalue weighted by Crippen LogP contribution is -2.08. The summed E-state index contributed by atoms with van der Waals surface area (Å²) >= 11 is 0. The molecule has 3 nitrogen and oxygen atoms in total. The second kappa shape index (κ2) is 5.71. The van der Waals surface area contributed by atoms with E-state index in [9.17, 15) is 9.90 Å². The molecule has 0 aliphatic heterocycles. The highest BCUT2D eigenvalue weighted by Gasteiger charge is 2.16. The summed E-state index contributed by atoms with van der Waals surface area (Å²) in [6.07, 6.45) is 1.64. The van der Waals surface area contributed by atoms with Crippen LogP contribution in [0.1, 0.15) is 50.0 Å². The first kappa shape index (κ1) is 13.6. The van der Waals surface area contributed by atoms with E-state index >= 15 is 0 Å². The van der Waals surface area contributed by atoms with Crippen LogP contribution in [0.4, 0.5) is 0 Å². The van der Waals surface area contributed by atoms with Gasteiger partial charge in [0.25, 0.3) is 0 Å². The van der Waals surface area contributed by atoms with Gasteiger partial charge in [-0.3, -0.25) is 4.79 Å². The maximum Gasteiger partial charge on any atom is 0.163 e. The van der Waals surface area contributed by atoms with Gasteiger partial charge in [0.2, 0.25) is 0 Å². The summed E-state index contributed by atoms with van der Waals surface area (Å²) in [5.41, 5.74) is 1.10. The molecule has 0 fully saturated rings. The first-order chi connectivity index (χ1) is 7.97. The summed E-state index contributed by atoms with van der Waals surface area (Å²) in [6, 6.07) is 3.38. The molecule has 0 amide bonds. The number of aromatic hydroxyl groups is 1. The van der Waals surface area contributed by atoms with Gasteiger partial charge < -0.3 is 9.84 Å². The number of hydrogen-bond acceptors (Lipinski definition) is 3. The van der Waals surface area contributed by atoms with E-state index in [4.69, 9.17) is 4.74 Å². The number of rotatable bonds is 5. The van der Waals surface area contributed by atoms with Gasteiger partial charge in [0, 0.05) is 5.56 Å². The quantitative estimate of drug-likeness (QED) is 0.797. The maximum atomic E-state index is 11.4. The van der Waals surface area contributed by atoms with Crippen LogP contribution in [0.2, 0.25) is 0 Å². The number of ether oxygens (including phenoxy) is 1. The highest BCUT2D eigenvalue weighted by Crippen LogP contribution is 2.33. The molecular formula is C14H20O3. The molecule has 0 aliphatic carbocycles. The van der Waals surface area contributed by atoms with Gasteiger partial charge in [-0.05, 0) is 39.3 Å². The van der Waals surface area contributed by atoms with Gasteiger partial charge >= 0.3 is 0 Å². The minimum atomic E-state index is -0.129. The molecule has 0 bridgehead atoms. The molecule has 0 heterocycles. The van der Waals surface area contributed by atoms with Gasteiger partial charge in [-0.15, -0.1) is 0 Å². The number of hydrogen-bond donors (Lipinski definition) is 1. The normalized spacial score (nSPS) is 10.6. The number of carbonyl (C=O) groups excluding carboxylic acids is 1. The molecule has 3 heteroatoms. The van der Waals surface area contributed by atoms with Gasteiger partial charge in [-0.2, -0.15) is 0 Å². The topological polar surface area (TPSA) is 46.5 Å². The summed E-state index contributed by atoms with van der Waals surface area (Å²) < 4.78 is 5.64. The maximum absolute atomic E-state index is 11.4. The molecule has 0 atom stereocenters. The average Bonchev–Trinajstić information content (AvgIpc) is 2.22. The lowest BCUT2D eigenvalue weighted by Gasteiger charge is -2.16. The summed E-state index contributed by atoms with van der Waals surface area (Å²) in [4.78, 5) is 11.4. The molecule has 0 saturated heterocycles. The SMILES string of the molecule is CCCc1c(OC(C)C)ccc(C(C)=O)c1O. The zero-order valence-corrected chi connectivity index (χ0v) is 10.9. The third kappa shape index (κ3) is 3.22. The highest BCUT2D eigenvalue weighted by molar-refractivity contribution is 5.97. The van der Waals surface area contributed by atoms with Crippen molar-refractivity contribution in [3.8, 4) is 11.5 Å². The Morgan fingerprint density at radius 3 is 2.53 bits per heavy atom. The number of benzene rings is 1. The molecule has 1 aromatic rings. The van der Waals surface area contributed by atoms with Gasteiger partial charge in [0.15, 0.2) is 5.78 Å². The molecule has 0 aromatic heterocycles. The van der Waals surface area contributed by atoms with Crippen molar-refractivity contribution in [2.75, 3.05) is 0 Å². The van der Waals surface area contributed by atoms with Gasteiger partial charge in [0.1, 0.15) is 11.5 Å². The molecular weight excluding hydrogens is 216 g/mol. The van der Waals surface area contributed by atoms with E-state index in [1.54, 1.807) is 12.1 Å². The predicted octanol–water partition coefficient (Wildman–Crippen LogP) is 3.33. The van der Waals surface area contributed by atoms with E-state index in [-0.39, 0.29) is 17.6 Å². The van der Waals surface area contributed by atoms with Crippen molar-refractivity contribution in [2.24, 2.45) is 0 Å². The van der Waals surface area contributed by atoms with Crippen LogP contribution >= 0.6 is 0 Å². The van der Waals surface area contributed by atoms with E-state index in [0.717, 1.165) is 12.0 Å². The standard InChI is InChI=1S/C14H20O3/c1-5-6-12-13(17-9(2)3)8-7-11(10(4)15)14(12)16/h7-9,16H,5-6H2,1-4H3. The van der Waals surface area contributed by atoms with Gasteiger partial charge in [0.05, 0.1) is 11.7 Å². The second-order valence-electron chi connectivity index (χ2n) is 4.41. The first-order valence-corrected chi connectivity index (χ1v) is 5.99. The largest absolute Gasteiger partial charge is 0.507 e. The van der Waals surface area contributed by atoms with Crippen LogP contribution in [-0.2, 0) is 6.42 Å². The molecule has 1 rings (SSSR count). The van der Waals surface area contributed by atoms with Crippen LogP contribution in [0.3, 0.4) is 0 Å². The number of carbonyl (C=O) groups is 1. The van der Waals surface area contributed by atoms with Crippen LogP contribution in [0.25, 0.3) is 0 Å². The number of ketones is 1. The van der Waals surface area contributed by atoms with Crippen molar-refractivity contribution >= 4 is 5.78 Å². The fourth-order valence-corrected chi connectivity index (χ4v) is 1.76. The third-order valence-electron chi connectivity index (χ3n) is 2.48. The molecule has 1 N–H and O–H groups in total. The van der Waals surface area contributed by atoms with Crippen molar-refractivity contribution in [3.63, 3.8) is 0 Å². The number of phenolic OH excluding ortho intramolecular Hbond substituents is 1. The third-order valence-corrected chi connectivity index (χ3v) is 2.48. The number of phenols is 1. The first-order valence-electron chi connectivity index (χ1n) is 5.99. The lowest BCUT2D eigenvalue weighted by molar-refractivity contribution is 0.101. The van der Waals surface area contributed by atoms with Crippen LogP contribution in [0, 0.1) is 0 Å². The fraction of sp³-hybridized carbons (Fsp3) is 0.500. The lowest BCUT2D eigenvalue weighted by atomic mass is 10.0. The van der Waals surface area contributed by atoms with Crippen LogP contribution in [0.15, 0.2) is 12.1 Å². The molecule has 0 radical (unpaired) electrons. The molecule has 0 spiro atoms. The Hall–Kier alpha value is -1.51. The van der Waals surface area contributed by atoms with E-state index < -0.39 is 0 Å². The Morgan fingerprint density at radius 2 is 2.06 bits per heavy atom. The van der Waals surface area contributed by atoms with Gasteiger partial charge in [-0.25, -0.2) is 0 Å². The monoisotopic (exact) mass is 236 g/mol. The van der Waals surface area contributed by atoms with E-state index in [1.807, 2.05) is 20.8 Å². The summed E-state index contributed by atoms with van der Waals surface area (Å²) in [6.45, 7) is 7.35. The molecule has 1 aromatic carbocycles. The average molecular weight is 236 g/mol. The van der Waals surface area contributed by atoms with Crippen molar-refractivity contribution in [3.05, 3.63) is 23.3 Å². The summed E-state index contributed by atoms with van der Waals surface area (Å²) in [5.74, 6) is 0.609. The van der Waals surface area contributed by atoms with E-state index in [2.05, 4.69) is 0 Å². The fourth-order valence-electron chi connectivity index (χ4n) is 1.76. The zero-order valence-electron chi connectivity index (χ0n) is 10.9. The Bertz CT molecular complexity index is 408. The van der Waals surface area contributed by atoms with Crippen molar-refractivity contribution in [1.29, 1.82) is 0 Å².